The molecule has 0 radical (unpaired) electrons. The van der Waals surface area contributed by atoms with Crippen LogP contribution in [-0.4, -0.2) is 26.6 Å². The summed E-state index contributed by atoms with van der Waals surface area (Å²) in [5.74, 6) is -0.463. The predicted octanol–water partition coefficient (Wildman–Crippen LogP) is 6.88. The van der Waals surface area contributed by atoms with E-state index in [1.165, 1.54) is 19.3 Å². The summed E-state index contributed by atoms with van der Waals surface area (Å²) in [7, 11) is 0. The van der Waals surface area contributed by atoms with Crippen LogP contribution in [-0.2, 0) is 10.2 Å². The first-order valence-corrected chi connectivity index (χ1v) is 12.2. The number of phenols is 2. The van der Waals surface area contributed by atoms with E-state index in [1.807, 2.05) is 0 Å². The zero-order valence-corrected chi connectivity index (χ0v) is 20.3. The number of unbranched alkanes of at least 4 members (excludes halogenated alkanes) is 3. The number of rotatable bonds is 10. The first-order chi connectivity index (χ1) is 14.1. The van der Waals surface area contributed by atoms with E-state index >= 15 is 0 Å². The third-order valence-corrected chi connectivity index (χ3v) is 7.26. The Hall–Kier alpha value is -1.49. The summed E-state index contributed by atoms with van der Waals surface area (Å²) in [6.07, 6.45) is 8.42. The minimum absolute atomic E-state index is 0.0830. The largest absolute Gasteiger partial charge is 0.508 e. The van der Waals surface area contributed by atoms with Crippen molar-refractivity contribution in [1.82, 2.24) is 0 Å². The molecule has 0 saturated heterocycles. The highest BCUT2D eigenvalue weighted by Crippen LogP contribution is 2.49. The third-order valence-electron chi connectivity index (χ3n) is 6.70. The molecule has 2 atom stereocenters. The number of aromatic hydroxyl groups is 2. The number of phenolic OH excluding ortho intramolecular Hbond substituents is 2. The number of carboxylic acids is 1. The molecule has 1 aliphatic carbocycles. The van der Waals surface area contributed by atoms with Crippen molar-refractivity contribution in [2.75, 3.05) is 5.33 Å². The van der Waals surface area contributed by atoms with Gasteiger partial charge in [0.2, 0.25) is 0 Å². The Bertz CT molecular complexity index is 743. The molecule has 1 unspecified atom stereocenters. The summed E-state index contributed by atoms with van der Waals surface area (Å²) in [5.41, 5.74) is 1.63. The van der Waals surface area contributed by atoms with Gasteiger partial charge in [0.05, 0.1) is 0 Å². The van der Waals surface area contributed by atoms with E-state index in [1.54, 1.807) is 18.2 Å². The lowest BCUT2D eigenvalue weighted by atomic mass is 9.70. The van der Waals surface area contributed by atoms with Crippen LogP contribution in [0.1, 0.15) is 89.7 Å². The van der Waals surface area contributed by atoms with Crippen molar-refractivity contribution in [3.05, 3.63) is 34.9 Å². The van der Waals surface area contributed by atoms with Gasteiger partial charge < -0.3 is 15.3 Å². The van der Waals surface area contributed by atoms with Gasteiger partial charge in [-0.1, -0.05) is 69.0 Å². The second kappa shape index (κ2) is 10.7. The van der Waals surface area contributed by atoms with Gasteiger partial charge in [0.1, 0.15) is 11.5 Å². The number of allylic oxidation sites excluding steroid dienone is 1. The van der Waals surface area contributed by atoms with Crippen LogP contribution in [0.2, 0.25) is 0 Å². The molecule has 0 heterocycles. The highest BCUT2D eigenvalue weighted by molar-refractivity contribution is 9.09. The van der Waals surface area contributed by atoms with Gasteiger partial charge in [-0.25, -0.2) is 4.79 Å². The van der Waals surface area contributed by atoms with Crippen molar-refractivity contribution in [3.8, 4) is 11.5 Å². The topological polar surface area (TPSA) is 77.8 Å². The molecule has 0 amide bonds. The SMILES string of the molecule is CC(C)[C@@H]1CC=C(C(=O)O)CC1c1c(O)cc(C(C)(C)CCCCCCBr)cc1O. The van der Waals surface area contributed by atoms with Crippen molar-refractivity contribution in [3.63, 3.8) is 0 Å². The molecule has 2 rings (SSSR count). The molecule has 5 heteroatoms. The lowest BCUT2D eigenvalue weighted by Gasteiger charge is -2.35. The summed E-state index contributed by atoms with van der Waals surface area (Å²) in [6.45, 7) is 8.51. The van der Waals surface area contributed by atoms with Crippen molar-refractivity contribution in [1.29, 1.82) is 0 Å². The fraction of sp³-hybridized carbons (Fsp3) is 0.640. The molecule has 0 saturated carbocycles. The molecule has 1 aliphatic rings. The average molecular weight is 481 g/mol. The molecule has 0 fully saturated rings. The minimum Gasteiger partial charge on any atom is -0.508 e. The Morgan fingerprint density at radius 3 is 2.27 bits per heavy atom. The normalized spacial score (nSPS) is 19.7. The maximum atomic E-state index is 11.5. The summed E-state index contributed by atoms with van der Waals surface area (Å²) >= 11 is 3.47. The molecule has 1 aromatic carbocycles. The summed E-state index contributed by atoms with van der Waals surface area (Å²) < 4.78 is 0. The molecule has 1 aromatic rings. The molecule has 0 aliphatic heterocycles. The van der Waals surface area contributed by atoms with Crippen LogP contribution in [0, 0.1) is 11.8 Å². The molecule has 3 N–H and O–H groups in total. The quantitative estimate of drug-likeness (QED) is 0.251. The average Bonchev–Trinajstić information content (AvgIpc) is 2.66. The summed E-state index contributed by atoms with van der Waals surface area (Å²) in [4.78, 5) is 11.5. The van der Waals surface area contributed by atoms with Crippen LogP contribution < -0.4 is 0 Å². The Morgan fingerprint density at radius 2 is 1.73 bits per heavy atom. The Balaban J connectivity index is 2.28. The van der Waals surface area contributed by atoms with E-state index in [4.69, 9.17) is 0 Å². The van der Waals surface area contributed by atoms with Gasteiger partial charge in [0.25, 0.3) is 0 Å². The van der Waals surface area contributed by atoms with Crippen LogP contribution in [0.3, 0.4) is 0 Å². The van der Waals surface area contributed by atoms with Gasteiger partial charge in [-0.3, -0.25) is 0 Å². The molecule has 0 spiro atoms. The molecule has 30 heavy (non-hydrogen) atoms. The fourth-order valence-electron chi connectivity index (χ4n) is 4.69. The zero-order valence-electron chi connectivity index (χ0n) is 18.7. The fourth-order valence-corrected chi connectivity index (χ4v) is 5.09. The lowest BCUT2D eigenvalue weighted by Crippen LogP contribution is -2.25. The van der Waals surface area contributed by atoms with E-state index < -0.39 is 5.97 Å². The van der Waals surface area contributed by atoms with Gasteiger partial charge in [-0.15, -0.1) is 0 Å². The number of carboxylic acid groups (broad SMARTS) is 1. The maximum absolute atomic E-state index is 11.5. The van der Waals surface area contributed by atoms with Crippen LogP contribution in [0.25, 0.3) is 0 Å². The maximum Gasteiger partial charge on any atom is 0.331 e. The van der Waals surface area contributed by atoms with Gasteiger partial charge in [0.15, 0.2) is 0 Å². The predicted molar refractivity (Wildman–Crippen MR) is 126 cm³/mol. The van der Waals surface area contributed by atoms with Gasteiger partial charge >= 0.3 is 5.97 Å². The number of halogens is 1. The van der Waals surface area contributed by atoms with E-state index in [-0.39, 0.29) is 28.7 Å². The van der Waals surface area contributed by atoms with E-state index in [9.17, 15) is 20.1 Å². The molecule has 0 bridgehead atoms. The molecular formula is C25H37BrO4. The van der Waals surface area contributed by atoms with Crippen molar-refractivity contribution < 1.29 is 20.1 Å². The molecule has 0 aromatic heterocycles. The Kier molecular flexibility index (Phi) is 8.84. The second-order valence-corrected chi connectivity index (χ2v) is 10.4. The number of aliphatic carboxylic acids is 1. The van der Waals surface area contributed by atoms with Crippen LogP contribution in [0.5, 0.6) is 11.5 Å². The number of carbonyl (C=O) groups is 1. The van der Waals surface area contributed by atoms with Crippen LogP contribution >= 0.6 is 15.9 Å². The zero-order chi connectivity index (χ0) is 22.5. The molecular weight excluding hydrogens is 444 g/mol. The summed E-state index contributed by atoms with van der Waals surface area (Å²) in [6, 6.07) is 3.56. The van der Waals surface area contributed by atoms with Crippen molar-refractivity contribution >= 4 is 21.9 Å². The molecule has 4 nitrogen and oxygen atoms in total. The van der Waals surface area contributed by atoms with Crippen molar-refractivity contribution in [2.24, 2.45) is 11.8 Å². The smallest absolute Gasteiger partial charge is 0.331 e. The van der Waals surface area contributed by atoms with Crippen LogP contribution in [0.15, 0.2) is 23.8 Å². The molecule has 168 valence electrons. The van der Waals surface area contributed by atoms with E-state index in [0.29, 0.717) is 29.9 Å². The third kappa shape index (κ3) is 6.03. The lowest BCUT2D eigenvalue weighted by molar-refractivity contribution is -0.133. The number of benzene rings is 1. The van der Waals surface area contributed by atoms with E-state index in [0.717, 1.165) is 23.7 Å². The van der Waals surface area contributed by atoms with Gasteiger partial charge in [0, 0.05) is 16.5 Å². The number of alkyl halides is 1. The van der Waals surface area contributed by atoms with Gasteiger partial charge in [-0.2, -0.15) is 0 Å². The number of hydrogen-bond donors (Lipinski definition) is 3. The Labute approximate surface area is 189 Å². The Morgan fingerprint density at radius 1 is 1.13 bits per heavy atom. The van der Waals surface area contributed by atoms with Gasteiger partial charge in [-0.05, 0) is 66.5 Å². The van der Waals surface area contributed by atoms with E-state index in [2.05, 4.69) is 43.6 Å². The standard InChI is InChI=1S/C25H37BrO4/c1-16(2)19-10-9-17(24(29)30)13-20(19)23-21(27)14-18(15-22(23)28)25(3,4)11-7-5-6-8-12-26/h9,14-16,19-20,27-28H,5-8,10-13H2,1-4H3,(H,29,30)/t19-,20?/m0/s1. The number of hydrogen-bond acceptors (Lipinski definition) is 3. The monoisotopic (exact) mass is 480 g/mol. The first kappa shape index (κ1) is 24.8. The second-order valence-electron chi connectivity index (χ2n) is 9.65. The summed E-state index contributed by atoms with van der Waals surface area (Å²) in [5, 5.41) is 32.3. The minimum atomic E-state index is -0.918. The van der Waals surface area contributed by atoms with Crippen LogP contribution in [0.4, 0.5) is 0 Å². The first-order valence-electron chi connectivity index (χ1n) is 11.1. The van der Waals surface area contributed by atoms with Crippen molar-refractivity contribution in [2.45, 2.75) is 84.0 Å². The highest BCUT2D eigenvalue weighted by Gasteiger charge is 2.35. The highest BCUT2D eigenvalue weighted by atomic mass is 79.9.